The third-order valence-corrected chi connectivity index (χ3v) is 8.61. The first-order chi connectivity index (χ1) is 18.8. The fourth-order valence-electron chi connectivity index (χ4n) is 5.66. The molecule has 5 aromatic rings. The lowest BCUT2D eigenvalue weighted by Crippen LogP contribution is -2.51. The number of halogens is 1. The zero-order valence-electron chi connectivity index (χ0n) is 22.5. The molecule has 0 aliphatic carbocycles. The van der Waals surface area contributed by atoms with Crippen molar-refractivity contribution in [1.82, 2.24) is 19.7 Å². The van der Waals surface area contributed by atoms with Crippen LogP contribution < -0.4 is 0 Å². The number of methoxy groups -OCH3 is 1. The number of likely N-dealkylation sites (tertiary alicyclic amines) is 1. The van der Waals surface area contributed by atoms with Gasteiger partial charge in [0.1, 0.15) is 5.82 Å². The summed E-state index contributed by atoms with van der Waals surface area (Å²) in [5.74, 6) is -0.212. The molecule has 3 heterocycles. The Morgan fingerprint density at radius 3 is 2.51 bits per heavy atom. The molecule has 2 aromatic heterocycles. The summed E-state index contributed by atoms with van der Waals surface area (Å²) in [7, 11) is 1.71. The quantitative estimate of drug-likeness (QED) is 0.258. The van der Waals surface area contributed by atoms with Crippen LogP contribution in [0.5, 0.6) is 0 Å². The summed E-state index contributed by atoms with van der Waals surface area (Å²) in [5, 5.41) is 9.90. The van der Waals surface area contributed by atoms with Gasteiger partial charge in [0.25, 0.3) is 5.91 Å². The number of rotatable bonds is 7. The lowest BCUT2D eigenvalue weighted by atomic mass is 9.84. The van der Waals surface area contributed by atoms with E-state index >= 15 is 0 Å². The maximum atomic E-state index is 14.0. The maximum Gasteiger partial charge on any atom is 0.253 e. The van der Waals surface area contributed by atoms with Crippen LogP contribution in [0.2, 0.25) is 0 Å². The van der Waals surface area contributed by atoms with Crippen molar-refractivity contribution in [3.8, 4) is 16.8 Å². The van der Waals surface area contributed by atoms with E-state index in [1.54, 1.807) is 31.0 Å². The lowest BCUT2D eigenvalue weighted by Gasteiger charge is -2.38. The molecule has 0 saturated carbocycles. The first-order valence-electron chi connectivity index (χ1n) is 13.0. The second-order valence-electron chi connectivity index (χ2n) is 10.8. The number of aromatic nitrogens is 3. The number of amides is 1. The van der Waals surface area contributed by atoms with Crippen LogP contribution in [0.4, 0.5) is 4.39 Å². The van der Waals surface area contributed by atoms with Gasteiger partial charge in [0.05, 0.1) is 23.8 Å². The van der Waals surface area contributed by atoms with Crippen LogP contribution in [0.1, 0.15) is 29.9 Å². The van der Waals surface area contributed by atoms with Crippen LogP contribution in [-0.2, 0) is 10.2 Å². The van der Waals surface area contributed by atoms with Gasteiger partial charge in [-0.25, -0.2) is 4.39 Å². The molecule has 1 amide bonds. The zero-order valence-corrected chi connectivity index (χ0v) is 23.3. The Labute approximate surface area is 231 Å². The second-order valence-corrected chi connectivity index (χ2v) is 12.0. The van der Waals surface area contributed by atoms with Crippen molar-refractivity contribution in [1.29, 1.82) is 0 Å². The molecular formula is C31H31FN4O2S. The van der Waals surface area contributed by atoms with Crippen LogP contribution in [-0.4, -0.2) is 63.9 Å². The number of nitrogens with one attached hydrogen (secondary N) is 1. The van der Waals surface area contributed by atoms with Gasteiger partial charge in [-0.2, -0.15) is 16.9 Å². The van der Waals surface area contributed by atoms with E-state index in [2.05, 4.69) is 47.0 Å². The molecule has 0 spiro atoms. The van der Waals surface area contributed by atoms with Gasteiger partial charge < -0.3 is 14.2 Å². The third kappa shape index (κ3) is 4.41. The van der Waals surface area contributed by atoms with E-state index in [-0.39, 0.29) is 11.7 Å². The Bertz CT molecular complexity index is 1670. The minimum absolute atomic E-state index is 0.0692. The number of benzene rings is 3. The summed E-state index contributed by atoms with van der Waals surface area (Å²) in [5.41, 5.74) is 6.19. The van der Waals surface area contributed by atoms with Crippen molar-refractivity contribution >= 4 is 39.5 Å². The number of carbonyl (C=O) groups is 1. The van der Waals surface area contributed by atoms with E-state index in [0.29, 0.717) is 17.4 Å². The number of H-pyrrole nitrogens is 1. The SMILES string of the molecule is COCC(C)(C)c1c(-c2ccc(C(=O)N3CC(SC)C3)cc2)c2cc3[nH]ncc3cc2n1-c1ccc(F)cc1. The Morgan fingerprint density at radius 2 is 1.85 bits per heavy atom. The fourth-order valence-corrected chi connectivity index (χ4v) is 6.32. The summed E-state index contributed by atoms with van der Waals surface area (Å²) in [6, 6.07) is 18.8. The van der Waals surface area contributed by atoms with Crippen LogP contribution in [0, 0.1) is 5.82 Å². The van der Waals surface area contributed by atoms with E-state index < -0.39 is 5.41 Å². The molecule has 200 valence electrons. The van der Waals surface area contributed by atoms with Gasteiger partial charge in [0.2, 0.25) is 0 Å². The predicted octanol–water partition coefficient (Wildman–Crippen LogP) is 6.42. The molecule has 0 atom stereocenters. The largest absolute Gasteiger partial charge is 0.384 e. The molecule has 6 rings (SSSR count). The van der Waals surface area contributed by atoms with E-state index in [1.165, 1.54) is 12.1 Å². The van der Waals surface area contributed by atoms with Gasteiger partial charge in [-0.1, -0.05) is 26.0 Å². The Kier molecular flexibility index (Phi) is 6.47. The molecule has 3 aromatic carbocycles. The predicted molar refractivity (Wildman–Crippen MR) is 156 cm³/mol. The lowest BCUT2D eigenvalue weighted by molar-refractivity contribution is 0.0664. The first kappa shape index (κ1) is 25.6. The molecular weight excluding hydrogens is 511 g/mol. The molecule has 1 N–H and O–H groups in total. The first-order valence-corrected chi connectivity index (χ1v) is 14.3. The van der Waals surface area contributed by atoms with Crippen molar-refractivity contribution < 1.29 is 13.9 Å². The number of ether oxygens (including phenoxy) is 1. The van der Waals surface area contributed by atoms with Crippen molar-refractivity contribution in [2.75, 3.05) is 33.1 Å². The normalized spacial score (nSPS) is 14.3. The molecule has 1 saturated heterocycles. The molecule has 1 fully saturated rings. The minimum atomic E-state index is -0.400. The number of carbonyl (C=O) groups excluding carboxylic acids is 1. The number of nitrogens with zero attached hydrogens (tertiary/aromatic N) is 3. The summed E-state index contributed by atoms with van der Waals surface area (Å²) < 4.78 is 21.9. The highest BCUT2D eigenvalue weighted by Crippen LogP contribution is 2.44. The molecule has 1 aliphatic rings. The maximum absolute atomic E-state index is 14.0. The topological polar surface area (TPSA) is 63.1 Å². The van der Waals surface area contributed by atoms with Gasteiger partial charge in [0.15, 0.2) is 0 Å². The Morgan fingerprint density at radius 1 is 1.13 bits per heavy atom. The van der Waals surface area contributed by atoms with Crippen LogP contribution in [0.3, 0.4) is 0 Å². The van der Waals surface area contributed by atoms with E-state index in [0.717, 1.165) is 57.4 Å². The van der Waals surface area contributed by atoms with E-state index in [4.69, 9.17) is 4.74 Å². The van der Waals surface area contributed by atoms with Gasteiger partial charge in [0, 0.05) is 64.1 Å². The van der Waals surface area contributed by atoms with Crippen molar-refractivity contribution in [2.24, 2.45) is 0 Å². The van der Waals surface area contributed by atoms with Gasteiger partial charge in [-0.3, -0.25) is 9.89 Å². The van der Waals surface area contributed by atoms with Gasteiger partial charge >= 0.3 is 0 Å². The molecule has 6 nitrogen and oxygen atoms in total. The summed E-state index contributed by atoms with van der Waals surface area (Å²) in [4.78, 5) is 14.9. The summed E-state index contributed by atoms with van der Waals surface area (Å²) in [6.07, 6.45) is 3.90. The van der Waals surface area contributed by atoms with Crippen LogP contribution in [0.15, 0.2) is 66.9 Å². The minimum Gasteiger partial charge on any atom is -0.384 e. The van der Waals surface area contributed by atoms with E-state index in [9.17, 15) is 9.18 Å². The van der Waals surface area contributed by atoms with Gasteiger partial charge in [-0.05, 0) is 60.4 Å². The fraction of sp³-hybridized carbons (Fsp3) is 0.290. The molecule has 39 heavy (non-hydrogen) atoms. The highest BCUT2D eigenvalue weighted by atomic mass is 32.2. The number of hydrogen-bond donors (Lipinski definition) is 1. The Hall–Kier alpha value is -3.62. The number of thioether (sulfide) groups is 1. The third-order valence-electron chi connectivity index (χ3n) is 7.65. The van der Waals surface area contributed by atoms with Crippen LogP contribution >= 0.6 is 11.8 Å². The highest BCUT2D eigenvalue weighted by molar-refractivity contribution is 7.99. The van der Waals surface area contributed by atoms with E-state index in [1.807, 2.05) is 35.4 Å². The van der Waals surface area contributed by atoms with Crippen molar-refractivity contribution in [3.05, 3.63) is 83.9 Å². The second kappa shape index (κ2) is 9.84. The molecule has 8 heteroatoms. The molecule has 0 bridgehead atoms. The number of fused-ring (bicyclic) bond motifs is 2. The Balaban J connectivity index is 1.57. The number of aromatic amines is 1. The zero-order chi connectivity index (χ0) is 27.3. The molecule has 0 unspecified atom stereocenters. The highest BCUT2D eigenvalue weighted by Gasteiger charge is 2.33. The summed E-state index contributed by atoms with van der Waals surface area (Å²) >= 11 is 1.80. The monoisotopic (exact) mass is 542 g/mol. The number of hydrogen-bond acceptors (Lipinski definition) is 4. The average molecular weight is 543 g/mol. The summed E-state index contributed by atoms with van der Waals surface area (Å²) in [6.45, 7) is 6.39. The molecule has 1 aliphatic heterocycles. The average Bonchev–Trinajstić information content (AvgIpc) is 3.49. The van der Waals surface area contributed by atoms with Crippen LogP contribution in [0.25, 0.3) is 38.6 Å². The standard InChI is InChI=1S/C31H31FN4O2S/c1-31(2,18-38-3)29-28(19-5-7-20(8-6-19)30(37)35-16-24(17-35)39-4)25-14-26-21(15-33-34-26)13-27(25)36(29)23-11-9-22(32)10-12-23/h5-15,24H,16-18H2,1-4H3,(H,33,34). The van der Waals surface area contributed by atoms with Crippen molar-refractivity contribution in [3.63, 3.8) is 0 Å². The van der Waals surface area contributed by atoms with Gasteiger partial charge in [-0.15, -0.1) is 0 Å². The van der Waals surface area contributed by atoms with Crippen molar-refractivity contribution in [2.45, 2.75) is 24.5 Å². The molecule has 0 radical (unpaired) electrons. The smallest absolute Gasteiger partial charge is 0.253 e.